The number of morpholine rings is 1. The standard InChI is InChI=1S/C15H31NO5.C10H12N2.C10H21NO.C10H21N.2C8H17NO.2C8H17N.C6H12N4S.C6H11N3S.C6H14OS/c1-15(2)16-3-5-17-7-9-19-11-13-21-14-12-20-10-8-18-6-4-16;1-8(2)12-7-11-9-5-3-4-6-10(9)12;1-10(2,3)11-7-5-6-9(11)8-12-4;1-10(2)11-8-6-4-3-5-7-9-11;1-8(2,3)9-4-6-10-7-5-9;1-8(2,3)9-5-4-7(10)6-9;1-8(2)9-6-4-3-5-7-9;1-6-7-9(5)8(2,3)4;1-6(2,3)11-5-7-8-9-10(5)4;1-5(2)10-6-8-7-4-9(6)3;1-6(2,3)8-5-4-7/h15H,3-14H2,1-2H3;3-8H,1-2H3;9H,5-8H2,1-4H3;10H,3-9H2,1-2H3;4-7H2,1-3H3;7,10H,4-6H2,1-3H3;8H,3-7H2,1-2H3;6H,1,7H2,2-5H3;1-4H3;4-5H,1-3H3;7H,4-5H2,1-3H3/t;;9-;;;7-;;;;;/m..0..0...../s1. The van der Waals surface area contributed by atoms with Gasteiger partial charge in [-0.3, -0.25) is 24.5 Å². The average molecular weight is 1800 g/mol. The molecule has 25 nitrogen and oxygen atoms in total. The molecule has 1 aromatic carbocycles. The van der Waals surface area contributed by atoms with Crippen molar-refractivity contribution >= 4 is 46.3 Å². The first-order chi connectivity index (χ1) is 57.6. The highest BCUT2D eigenvalue weighted by Gasteiger charge is 2.33. The number of hydrogen-bond acceptors (Lipinski definition) is 25. The number of tetrazole rings is 1. The molecule has 2 N–H and O–H groups in total. The molecule has 0 unspecified atom stereocenters. The normalized spacial score (nSPS) is 19.3. The molecule has 0 aliphatic carbocycles. The van der Waals surface area contributed by atoms with Crippen LogP contribution in [0.5, 0.6) is 0 Å². The fourth-order valence-electron chi connectivity index (χ4n) is 13.2. The van der Waals surface area contributed by atoms with Gasteiger partial charge in [0.15, 0.2) is 5.16 Å². The fraction of sp³-hybridized carbons (Fsp3) is 0.874. The Morgan fingerprint density at radius 2 is 0.984 bits per heavy atom. The molecule has 0 radical (unpaired) electrons. The van der Waals surface area contributed by atoms with E-state index in [1.165, 1.54) is 102 Å². The Labute approximate surface area is 766 Å². The summed E-state index contributed by atoms with van der Waals surface area (Å²) in [6.45, 7) is 88.1. The van der Waals surface area contributed by atoms with Crippen molar-refractivity contribution in [3.63, 3.8) is 0 Å². The summed E-state index contributed by atoms with van der Waals surface area (Å²) in [5.74, 6) is 0.851. The van der Waals surface area contributed by atoms with Crippen LogP contribution in [-0.4, -0.2) is 347 Å². The number of hydrogen-bond donors (Lipinski definition) is 2. The van der Waals surface area contributed by atoms with Crippen LogP contribution in [0.15, 0.2) is 59.9 Å². The molecule has 0 saturated carbocycles. The smallest absolute Gasteiger partial charge is 0.209 e. The molecule has 2 atom stereocenters. The van der Waals surface area contributed by atoms with Crippen LogP contribution in [0.25, 0.3) is 11.0 Å². The predicted molar refractivity (Wildman–Crippen MR) is 525 cm³/mol. The zero-order valence-electron chi connectivity index (χ0n) is 84.8. The largest absolute Gasteiger partial charge is 0.396 e. The lowest BCUT2D eigenvalue weighted by molar-refractivity contribution is -0.0202. The van der Waals surface area contributed by atoms with Gasteiger partial charge in [-0.05, 0) is 246 Å². The number of aromatic nitrogens is 9. The maximum atomic E-state index is 9.22. The molecule has 0 spiro atoms. The number of para-hydroxylation sites is 2. The van der Waals surface area contributed by atoms with Gasteiger partial charge in [-0.1, -0.05) is 123 Å². The van der Waals surface area contributed by atoms with Crippen molar-refractivity contribution in [2.75, 3.05) is 191 Å². The number of likely N-dealkylation sites (tertiary alicyclic amines) is 4. The highest BCUT2D eigenvalue weighted by atomic mass is 32.2. The molecular formula is C95H190N16O9S3. The van der Waals surface area contributed by atoms with Gasteiger partial charge in [0, 0.05) is 140 Å². The van der Waals surface area contributed by atoms with Gasteiger partial charge in [-0.25, -0.2) is 9.67 Å². The maximum absolute atomic E-state index is 9.22. The Morgan fingerprint density at radius 3 is 1.33 bits per heavy atom. The summed E-state index contributed by atoms with van der Waals surface area (Å²) >= 11 is 5.17. The molecule has 6 aliphatic rings. The number of ether oxygens (including phenoxy) is 7. The minimum absolute atomic E-state index is 0.0841. The van der Waals surface area contributed by atoms with Crippen LogP contribution in [0.4, 0.5) is 0 Å². The van der Waals surface area contributed by atoms with Crippen molar-refractivity contribution < 1.29 is 43.4 Å². The average Bonchev–Trinajstić information content (AvgIpc) is 1.68. The van der Waals surface area contributed by atoms with Crippen molar-refractivity contribution in [3.05, 3.63) is 49.6 Å². The SMILES string of the molecule is C=CCN(C)C(C)(C)C.CC(C)(C)N1CCOCC1.CC(C)(C)N1CC[C@H](O)C1.CC(C)(C)SCCO.CC(C)N1CCCCC1.CC(C)N1CCCCCCC1.CC(C)N1CCOCCOCCOCCOCCOCC1.CC(C)Sc1nncn1C.CC(C)n1cnc2ccccc21.COC[C@@H]1CCCN1C(C)(C)C.Cn1nnnc1SC(C)(C)C. The van der Waals surface area contributed by atoms with Gasteiger partial charge < -0.3 is 62.3 Å². The topological polar surface area (TPSA) is 220 Å². The number of fused-ring (bicyclic) bond motifs is 1. The van der Waals surface area contributed by atoms with Crippen LogP contribution in [0.2, 0.25) is 0 Å². The summed E-state index contributed by atoms with van der Waals surface area (Å²) in [5.41, 5.74) is 3.42. The number of thioether (sulfide) groups is 3. The number of piperidine rings is 1. The van der Waals surface area contributed by atoms with E-state index in [0.717, 1.165) is 119 Å². The van der Waals surface area contributed by atoms with E-state index in [4.69, 9.17) is 38.3 Å². The monoisotopic (exact) mass is 1800 g/mol. The number of likely N-dealkylation sites (N-methyl/N-ethyl adjacent to an activating group) is 1. The molecule has 28 heteroatoms. The molecule has 6 saturated heterocycles. The van der Waals surface area contributed by atoms with E-state index in [1.54, 1.807) is 53.4 Å². The second-order valence-corrected chi connectivity index (χ2v) is 44.9. The summed E-state index contributed by atoms with van der Waals surface area (Å²) in [5, 5.41) is 38.9. The lowest BCUT2D eigenvalue weighted by Crippen LogP contribution is -2.47. The third-order valence-corrected chi connectivity index (χ3v) is 24.3. The molecule has 9 heterocycles. The fourth-order valence-corrected chi connectivity index (χ4v) is 15.5. The van der Waals surface area contributed by atoms with Gasteiger partial charge in [-0.15, -0.1) is 21.9 Å². The summed E-state index contributed by atoms with van der Waals surface area (Å²) in [6.07, 6.45) is 20.5. The third kappa shape index (κ3) is 62.1. The van der Waals surface area contributed by atoms with Crippen molar-refractivity contribution in [2.24, 2.45) is 14.1 Å². The first-order valence-corrected chi connectivity index (χ1v) is 49.3. The zero-order valence-corrected chi connectivity index (χ0v) is 87.2. The van der Waals surface area contributed by atoms with Crippen molar-refractivity contribution in [1.82, 2.24) is 78.8 Å². The predicted octanol–water partition coefficient (Wildman–Crippen LogP) is 17.6. The number of rotatable bonds is 13. The van der Waals surface area contributed by atoms with E-state index < -0.39 is 0 Å². The number of benzene rings is 1. The minimum Gasteiger partial charge on any atom is -0.396 e. The second kappa shape index (κ2) is 67.3. The van der Waals surface area contributed by atoms with E-state index in [1.807, 2.05) is 49.3 Å². The summed E-state index contributed by atoms with van der Waals surface area (Å²) in [4.78, 5) is 21.4. The van der Waals surface area contributed by atoms with Crippen LogP contribution in [0.1, 0.15) is 271 Å². The third-order valence-electron chi connectivity index (χ3n) is 20.9. The van der Waals surface area contributed by atoms with Crippen LogP contribution in [-0.2, 0) is 47.3 Å². The zero-order chi connectivity index (χ0) is 93.3. The maximum Gasteiger partial charge on any atom is 0.209 e. The number of nitrogens with zero attached hydrogens (tertiary/aromatic N) is 16. The van der Waals surface area contributed by atoms with Gasteiger partial charge in [0.25, 0.3) is 0 Å². The Bertz CT molecular complexity index is 3070. The lowest BCUT2D eigenvalue weighted by atomic mass is 10.1. The first-order valence-electron chi connectivity index (χ1n) is 46.6. The van der Waals surface area contributed by atoms with Crippen LogP contribution in [0.3, 0.4) is 0 Å². The van der Waals surface area contributed by atoms with Crippen molar-refractivity contribution in [1.29, 1.82) is 0 Å². The molecule has 0 amide bonds. The second-order valence-electron chi connectivity index (χ2n) is 39.7. The Morgan fingerprint density at radius 1 is 0.528 bits per heavy atom. The van der Waals surface area contributed by atoms with Gasteiger partial charge in [0.2, 0.25) is 5.16 Å². The lowest BCUT2D eigenvalue weighted by Gasteiger charge is -2.38. The van der Waals surface area contributed by atoms with Crippen LogP contribution in [0, 0.1) is 0 Å². The highest BCUT2D eigenvalue weighted by Crippen LogP contribution is 2.30. The van der Waals surface area contributed by atoms with Gasteiger partial charge in [0.1, 0.15) is 6.33 Å². The minimum atomic E-state index is -0.0841. The molecule has 0 bridgehead atoms. The molecule has 4 aromatic rings. The van der Waals surface area contributed by atoms with Gasteiger partial charge in [-0.2, -0.15) is 11.8 Å². The molecular weight excluding hydrogens is 1610 g/mol. The quantitative estimate of drug-likeness (QED) is 0.0938. The van der Waals surface area contributed by atoms with Crippen LogP contribution >= 0.6 is 35.3 Å². The molecule has 722 valence electrons. The number of β-amino-alcohol motifs (C(OH)–C–C–N with tert-alkyl or cyclic N) is 1. The van der Waals surface area contributed by atoms with E-state index in [2.05, 4.69) is 283 Å². The van der Waals surface area contributed by atoms with E-state index >= 15 is 0 Å². The molecule has 6 fully saturated rings. The van der Waals surface area contributed by atoms with E-state index in [-0.39, 0.29) is 21.9 Å². The number of aliphatic hydroxyl groups is 2. The summed E-state index contributed by atoms with van der Waals surface area (Å²) in [6, 6.07) is 11.3. The Hall–Kier alpha value is -2.95. The number of methoxy groups -OCH3 is 1. The Kier molecular flexibility index (Phi) is 65.7. The first kappa shape index (κ1) is 120. The van der Waals surface area contributed by atoms with Crippen molar-refractivity contribution in [2.45, 2.75) is 348 Å². The number of imidazole rings is 1. The van der Waals surface area contributed by atoms with E-state index in [9.17, 15) is 5.11 Å². The van der Waals surface area contributed by atoms with Crippen molar-refractivity contribution in [3.8, 4) is 0 Å². The molecule has 3 aromatic heterocycles. The number of aliphatic hydroxyl groups excluding tert-OH is 2. The molecule has 123 heavy (non-hydrogen) atoms. The Balaban J connectivity index is 0.00000135. The molecule has 6 aliphatic heterocycles. The summed E-state index contributed by atoms with van der Waals surface area (Å²) in [7, 11) is 7.68. The molecule has 10 rings (SSSR count). The van der Waals surface area contributed by atoms with Gasteiger partial charge >= 0.3 is 0 Å². The van der Waals surface area contributed by atoms with E-state index in [0.29, 0.717) is 98.7 Å². The number of aryl methyl sites for hydroxylation is 2. The highest BCUT2D eigenvalue weighted by molar-refractivity contribution is 8.00. The summed E-state index contributed by atoms with van der Waals surface area (Å²) < 4.78 is 44.1. The van der Waals surface area contributed by atoms with Crippen LogP contribution < -0.4 is 0 Å². The van der Waals surface area contributed by atoms with Gasteiger partial charge in [0.05, 0.1) is 116 Å².